The molecule has 0 bridgehead atoms. The van der Waals surface area contributed by atoms with E-state index in [1.807, 2.05) is 0 Å². The van der Waals surface area contributed by atoms with E-state index in [1.165, 1.54) is 30.3 Å². The van der Waals surface area contributed by atoms with E-state index < -0.39 is 42.9 Å². The van der Waals surface area contributed by atoms with E-state index in [2.05, 4.69) is 4.74 Å². The number of rotatable bonds is 7. The summed E-state index contributed by atoms with van der Waals surface area (Å²) in [5.41, 5.74) is -0.154. The summed E-state index contributed by atoms with van der Waals surface area (Å²) in [7, 11) is 0. The Bertz CT molecular complexity index is 594. The zero-order valence-corrected chi connectivity index (χ0v) is 12.8. The number of carbonyl (C=O) groups excluding carboxylic acids is 1. The second-order valence-corrected chi connectivity index (χ2v) is 6.06. The highest BCUT2D eigenvalue weighted by Crippen LogP contribution is 2.48. The molecule has 0 radical (unpaired) electrons. The molecule has 1 fully saturated rings. The molecule has 1 saturated carbocycles. The largest absolute Gasteiger partial charge is 0.452 e. The number of carbonyl (C=O) groups is 1. The lowest BCUT2D eigenvalue weighted by molar-refractivity contribution is -0.290. The first-order valence-corrected chi connectivity index (χ1v) is 7.51. The molecule has 0 aromatic heterocycles. The molecule has 1 aliphatic rings. The van der Waals surface area contributed by atoms with Gasteiger partial charge in [0.05, 0.1) is 5.56 Å². The van der Waals surface area contributed by atoms with Crippen LogP contribution in [0.2, 0.25) is 0 Å². The van der Waals surface area contributed by atoms with Gasteiger partial charge in [-0.2, -0.15) is 30.7 Å². The molecule has 2 nitrogen and oxygen atoms in total. The molecule has 0 spiro atoms. The average molecular weight is 372 g/mol. The maximum Gasteiger partial charge on any atom is 0.395 e. The summed E-state index contributed by atoms with van der Waals surface area (Å²) in [6.07, 6.45) is -10.8. The van der Waals surface area contributed by atoms with Gasteiger partial charge in [-0.1, -0.05) is 31.0 Å². The van der Waals surface area contributed by atoms with Crippen molar-refractivity contribution in [3.8, 4) is 0 Å². The Morgan fingerprint density at radius 1 is 1.04 bits per heavy atom. The lowest BCUT2D eigenvalue weighted by atomic mass is 9.98. The Kier molecular flexibility index (Phi) is 5.34. The highest BCUT2D eigenvalue weighted by molar-refractivity contribution is 5.89. The SMILES string of the molecule is O=C(OC(CC1CC1)C(F)(F)C(F)(F)CC(F)(F)F)c1ccccc1. The molecule has 0 heterocycles. The van der Waals surface area contributed by atoms with Gasteiger partial charge in [0.15, 0.2) is 6.10 Å². The molecule has 0 saturated heterocycles. The van der Waals surface area contributed by atoms with Gasteiger partial charge in [0, 0.05) is 0 Å². The second kappa shape index (κ2) is 6.84. The quantitative estimate of drug-likeness (QED) is 0.484. The van der Waals surface area contributed by atoms with Crippen molar-refractivity contribution < 1.29 is 40.3 Å². The van der Waals surface area contributed by atoms with E-state index in [9.17, 15) is 35.5 Å². The van der Waals surface area contributed by atoms with Crippen molar-refractivity contribution >= 4 is 5.97 Å². The van der Waals surface area contributed by atoms with Crippen LogP contribution in [0.4, 0.5) is 30.7 Å². The second-order valence-electron chi connectivity index (χ2n) is 6.06. The van der Waals surface area contributed by atoms with Crippen molar-refractivity contribution in [2.45, 2.75) is 49.8 Å². The van der Waals surface area contributed by atoms with Crippen LogP contribution in [0.3, 0.4) is 0 Å². The first kappa shape index (κ1) is 19.5. The summed E-state index contributed by atoms with van der Waals surface area (Å²) in [6.45, 7) is 0. The summed E-state index contributed by atoms with van der Waals surface area (Å²) in [5.74, 6) is -12.2. The summed E-state index contributed by atoms with van der Waals surface area (Å²) in [4.78, 5) is 11.9. The third kappa shape index (κ3) is 5.09. The van der Waals surface area contributed by atoms with E-state index in [4.69, 9.17) is 0 Å². The molecule has 2 rings (SSSR count). The Labute approximate surface area is 139 Å². The molecule has 25 heavy (non-hydrogen) atoms. The number of benzene rings is 1. The molecule has 1 atom stereocenters. The van der Waals surface area contributed by atoms with Gasteiger partial charge in [-0.05, 0) is 24.5 Å². The van der Waals surface area contributed by atoms with Crippen LogP contribution in [-0.4, -0.2) is 30.1 Å². The van der Waals surface area contributed by atoms with Gasteiger partial charge in [0.1, 0.15) is 6.42 Å². The van der Waals surface area contributed by atoms with Crippen molar-refractivity contribution in [2.24, 2.45) is 5.92 Å². The first-order chi connectivity index (χ1) is 11.4. The van der Waals surface area contributed by atoms with Crippen LogP contribution in [0.15, 0.2) is 30.3 Å². The maximum absolute atomic E-state index is 14.1. The van der Waals surface area contributed by atoms with Gasteiger partial charge in [-0.3, -0.25) is 0 Å². The average Bonchev–Trinajstić information content (AvgIpc) is 3.28. The fourth-order valence-electron chi connectivity index (χ4n) is 2.30. The minimum Gasteiger partial charge on any atom is -0.452 e. The monoisotopic (exact) mass is 372 g/mol. The highest BCUT2D eigenvalue weighted by atomic mass is 19.4. The fourth-order valence-corrected chi connectivity index (χ4v) is 2.30. The van der Waals surface area contributed by atoms with Crippen LogP contribution >= 0.6 is 0 Å². The third-order valence-corrected chi connectivity index (χ3v) is 3.82. The van der Waals surface area contributed by atoms with Crippen molar-refractivity contribution in [1.29, 1.82) is 0 Å². The van der Waals surface area contributed by atoms with Gasteiger partial charge in [-0.15, -0.1) is 0 Å². The van der Waals surface area contributed by atoms with Crippen molar-refractivity contribution in [1.82, 2.24) is 0 Å². The van der Waals surface area contributed by atoms with E-state index in [1.54, 1.807) is 0 Å². The van der Waals surface area contributed by atoms with Crippen molar-refractivity contribution in [3.05, 3.63) is 35.9 Å². The zero-order valence-electron chi connectivity index (χ0n) is 12.8. The van der Waals surface area contributed by atoms with Gasteiger partial charge in [0.25, 0.3) is 0 Å². The summed E-state index contributed by atoms with van der Waals surface area (Å²) in [5, 5.41) is 0. The molecule has 140 valence electrons. The van der Waals surface area contributed by atoms with Crippen LogP contribution < -0.4 is 0 Å². The van der Waals surface area contributed by atoms with Crippen LogP contribution in [0.1, 0.15) is 36.0 Å². The van der Waals surface area contributed by atoms with E-state index in [0.29, 0.717) is 12.8 Å². The van der Waals surface area contributed by atoms with E-state index in [-0.39, 0.29) is 11.5 Å². The number of alkyl halides is 7. The van der Waals surface area contributed by atoms with E-state index in [0.717, 1.165) is 0 Å². The Morgan fingerprint density at radius 3 is 2.08 bits per heavy atom. The topological polar surface area (TPSA) is 26.3 Å². The number of halogens is 7. The predicted octanol–water partition coefficient (Wildman–Crippen LogP) is 5.24. The molecular formula is C16H15F7O2. The van der Waals surface area contributed by atoms with Crippen molar-refractivity contribution in [3.63, 3.8) is 0 Å². The fraction of sp³-hybridized carbons (Fsp3) is 0.562. The standard InChI is InChI=1S/C16H15F7O2/c17-14(18,9-15(19,20)21)16(22,23)12(8-10-6-7-10)25-13(24)11-4-2-1-3-5-11/h1-5,10,12H,6-9H2. The molecule has 0 amide bonds. The number of esters is 1. The minimum atomic E-state index is -5.49. The minimum absolute atomic E-state index is 0.154. The van der Waals surface area contributed by atoms with Crippen LogP contribution in [0.5, 0.6) is 0 Å². The molecule has 1 aromatic rings. The lowest BCUT2D eigenvalue weighted by Crippen LogP contribution is -2.53. The van der Waals surface area contributed by atoms with E-state index >= 15 is 0 Å². The summed E-state index contributed by atoms with van der Waals surface area (Å²) in [6, 6.07) is 6.79. The smallest absolute Gasteiger partial charge is 0.395 e. The van der Waals surface area contributed by atoms with Gasteiger partial charge < -0.3 is 4.74 Å². The Hall–Kier alpha value is -1.80. The van der Waals surface area contributed by atoms with Gasteiger partial charge >= 0.3 is 24.0 Å². The molecule has 1 aliphatic carbocycles. The molecule has 0 aliphatic heterocycles. The number of hydrogen-bond acceptors (Lipinski definition) is 2. The van der Waals surface area contributed by atoms with Crippen LogP contribution in [-0.2, 0) is 4.74 Å². The molecular weight excluding hydrogens is 357 g/mol. The first-order valence-electron chi connectivity index (χ1n) is 7.51. The van der Waals surface area contributed by atoms with Crippen LogP contribution in [0, 0.1) is 5.92 Å². The van der Waals surface area contributed by atoms with Crippen molar-refractivity contribution in [2.75, 3.05) is 0 Å². The lowest BCUT2D eigenvalue weighted by Gasteiger charge is -2.33. The maximum atomic E-state index is 14.1. The number of ether oxygens (including phenoxy) is 1. The summed E-state index contributed by atoms with van der Waals surface area (Å²) >= 11 is 0. The third-order valence-electron chi connectivity index (χ3n) is 3.82. The molecule has 1 unspecified atom stereocenters. The van der Waals surface area contributed by atoms with Gasteiger partial charge in [-0.25, -0.2) is 4.79 Å². The molecule has 0 N–H and O–H groups in total. The molecule has 9 heteroatoms. The predicted molar refractivity (Wildman–Crippen MR) is 73.6 cm³/mol. The zero-order chi connectivity index (χ0) is 18.9. The highest BCUT2D eigenvalue weighted by Gasteiger charge is 2.66. The Balaban J connectivity index is 2.21. The number of hydrogen-bond donors (Lipinski definition) is 0. The molecule has 1 aromatic carbocycles. The van der Waals surface area contributed by atoms with Gasteiger partial charge in [0.2, 0.25) is 0 Å². The summed E-state index contributed by atoms with van der Waals surface area (Å²) < 4.78 is 96.7. The normalized spacial score (nSPS) is 17.2. The Morgan fingerprint density at radius 2 is 1.60 bits per heavy atom. The van der Waals surface area contributed by atoms with Crippen LogP contribution in [0.25, 0.3) is 0 Å².